The number of carbonyl (C=O) groups excluding carboxylic acids is 1. The predicted molar refractivity (Wildman–Crippen MR) is 80.6 cm³/mol. The Balaban J connectivity index is 2.04. The first-order chi connectivity index (χ1) is 10.1. The minimum atomic E-state index is -0.338. The third-order valence-electron chi connectivity index (χ3n) is 3.68. The number of fused-ring (bicyclic) bond motifs is 1. The molecule has 4 N–H and O–H groups in total. The normalized spacial score (nSPS) is 13.8. The van der Waals surface area contributed by atoms with Gasteiger partial charge in [-0.15, -0.1) is 0 Å². The zero-order chi connectivity index (χ0) is 15.0. The summed E-state index contributed by atoms with van der Waals surface area (Å²) in [5.74, 6) is -0.537. The molecule has 1 heterocycles. The van der Waals surface area contributed by atoms with Crippen molar-refractivity contribution in [3.63, 3.8) is 0 Å². The highest BCUT2D eigenvalue weighted by molar-refractivity contribution is 6.08. The van der Waals surface area contributed by atoms with Crippen LogP contribution in [0.25, 0.3) is 0 Å². The number of nitrogen functional groups attached to an aromatic ring is 1. The minimum Gasteiger partial charge on any atom is -0.508 e. The summed E-state index contributed by atoms with van der Waals surface area (Å²) in [6, 6.07) is 9.44. The maximum absolute atomic E-state index is 12.7. The van der Waals surface area contributed by atoms with Crippen molar-refractivity contribution in [2.75, 3.05) is 17.2 Å². The third-order valence-corrected chi connectivity index (χ3v) is 3.68. The highest BCUT2D eigenvalue weighted by Crippen LogP contribution is 2.32. The van der Waals surface area contributed by atoms with Crippen LogP contribution in [-0.2, 0) is 6.42 Å². The quantitative estimate of drug-likeness (QED) is 0.554. The van der Waals surface area contributed by atoms with Gasteiger partial charge in [0.25, 0.3) is 5.91 Å². The number of aromatic hydroxyl groups is 2. The Labute approximate surface area is 122 Å². The number of amides is 1. The molecule has 0 atom stereocenters. The predicted octanol–water partition coefficient (Wildman–Crippen LogP) is 2.27. The van der Waals surface area contributed by atoms with Crippen molar-refractivity contribution in [1.82, 2.24) is 0 Å². The first kappa shape index (κ1) is 13.3. The fourth-order valence-electron chi connectivity index (χ4n) is 2.64. The van der Waals surface area contributed by atoms with Gasteiger partial charge >= 0.3 is 0 Å². The van der Waals surface area contributed by atoms with Gasteiger partial charge in [0.2, 0.25) is 0 Å². The number of rotatable bonds is 1. The van der Waals surface area contributed by atoms with Gasteiger partial charge in [-0.3, -0.25) is 4.79 Å². The van der Waals surface area contributed by atoms with E-state index in [4.69, 9.17) is 5.73 Å². The SMILES string of the molecule is Nc1ccc2c(c1)N(C(=O)c1cc(O)ccc1O)CCC2. The molecule has 0 bridgehead atoms. The second-order valence-electron chi connectivity index (χ2n) is 5.15. The molecule has 3 rings (SSSR count). The third kappa shape index (κ3) is 2.38. The molecule has 5 heteroatoms. The molecule has 0 radical (unpaired) electrons. The molecule has 0 unspecified atom stereocenters. The highest BCUT2D eigenvalue weighted by atomic mass is 16.3. The van der Waals surface area contributed by atoms with E-state index < -0.39 is 0 Å². The maximum atomic E-state index is 12.7. The number of anilines is 2. The highest BCUT2D eigenvalue weighted by Gasteiger charge is 2.25. The van der Waals surface area contributed by atoms with E-state index in [-0.39, 0.29) is 23.0 Å². The van der Waals surface area contributed by atoms with Crippen molar-refractivity contribution >= 4 is 17.3 Å². The van der Waals surface area contributed by atoms with Gasteiger partial charge in [0, 0.05) is 17.9 Å². The summed E-state index contributed by atoms with van der Waals surface area (Å²) in [6.45, 7) is 0.560. The molecule has 21 heavy (non-hydrogen) atoms. The van der Waals surface area contributed by atoms with Crippen LogP contribution in [0, 0.1) is 0 Å². The number of hydrogen-bond acceptors (Lipinski definition) is 4. The van der Waals surface area contributed by atoms with E-state index in [0.29, 0.717) is 12.2 Å². The number of aryl methyl sites for hydroxylation is 1. The minimum absolute atomic E-state index is 0.0547. The van der Waals surface area contributed by atoms with E-state index in [2.05, 4.69) is 0 Å². The second kappa shape index (κ2) is 5.01. The summed E-state index contributed by atoms with van der Waals surface area (Å²) < 4.78 is 0. The zero-order valence-electron chi connectivity index (χ0n) is 11.4. The molecule has 1 aliphatic heterocycles. The number of nitrogens with two attached hydrogens (primary N) is 1. The average molecular weight is 284 g/mol. The van der Waals surface area contributed by atoms with Crippen LogP contribution in [0.1, 0.15) is 22.3 Å². The topological polar surface area (TPSA) is 86.8 Å². The van der Waals surface area contributed by atoms with E-state index in [1.165, 1.54) is 18.2 Å². The lowest BCUT2D eigenvalue weighted by atomic mass is 10.00. The summed E-state index contributed by atoms with van der Waals surface area (Å²) in [7, 11) is 0. The Kier molecular flexibility index (Phi) is 3.17. The second-order valence-corrected chi connectivity index (χ2v) is 5.15. The van der Waals surface area contributed by atoms with Crippen molar-refractivity contribution in [2.24, 2.45) is 0 Å². The van der Waals surface area contributed by atoms with Crippen LogP contribution in [0.5, 0.6) is 11.5 Å². The zero-order valence-corrected chi connectivity index (χ0v) is 11.4. The summed E-state index contributed by atoms with van der Waals surface area (Å²) >= 11 is 0. The monoisotopic (exact) mass is 284 g/mol. The largest absolute Gasteiger partial charge is 0.508 e. The van der Waals surface area contributed by atoms with Crippen LogP contribution < -0.4 is 10.6 Å². The standard InChI is InChI=1S/C16H16N2O3/c17-11-4-3-10-2-1-7-18(14(10)8-11)16(21)13-9-12(19)5-6-15(13)20/h3-6,8-9,19-20H,1-2,7,17H2. The van der Waals surface area contributed by atoms with Crippen LogP contribution in [-0.4, -0.2) is 22.7 Å². The fourth-order valence-corrected chi connectivity index (χ4v) is 2.64. The molecule has 1 aliphatic rings. The number of carbonyl (C=O) groups is 1. The molecule has 0 saturated heterocycles. The Bertz CT molecular complexity index is 713. The van der Waals surface area contributed by atoms with Crippen molar-refractivity contribution in [3.05, 3.63) is 47.5 Å². The molecule has 2 aromatic rings. The maximum Gasteiger partial charge on any atom is 0.262 e. The molecular formula is C16H16N2O3. The van der Waals surface area contributed by atoms with Gasteiger partial charge in [0.1, 0.15) is 11.5 Å². The van der Waals surface area contributed by atoms with Gasteiger partial charge in [-0.25, -0.2) is 0 Å². The lowest BCUT2D eigenvalue weighted by Gasteiger charge is -2.30. The lowest BCUT2D eigenvalue weighted by Crippen LogP contribution is -2.35. The summed E-state index contributed by atoms with van der Waals surface area (Å²) in [4.78, 5) is 14.3. The van der Waals surface area contributed by atoms with Gasteiger partial charge in [-0.1, -0.05) is 6.07 Å². The van der Waals surface area contributed by atoms with Gasteiger partial charge in [-0.05, 0) is 48.7 Å². The van der Waals surface area contributed by atoms with Crippen LogP contribution in [0.2, 0.25) is 0 Å². The Morgan fingerprint density at radius 1 is 1.14 bits per heavy atom. The first-order valence-corrected chi connectivity index (χ1v) is 6.78. The van der Waals surface area contributed by atoms with Crippen LogP contribution >= 0.6 is 0 Å². The van der Waals surface area contributed by atoms with Crippen molar-refractivity contribution in [3.8, 4) is 11.5 Å². The molecule has 108 valence electrons. The molecule has 0 aromatic heterocycles. The molecule has 0 aliphatic carbocycles. The van der Waals surface area contributed by atoms with E-state index >= 15 is 0 Å². The smallest absolute Gasteiger partial charge is 0.262 e. The van der Waals surface area contributed by atoms with E-state index in [9.17, 15) is 15.0 Å². The van der Waals surface area contributed by atoms with Crippen LogP contribution in [0.3, 0.4) is 0 Å². The van der Waals surface area contributed by atoms with Crippen LogP contribution in [0.15, 0.2) is 36.4 Å². The van der Waals surface area contributed by atoms with E-state index in [1.54, 1.807) is 11.0 Å². The van der Waals surface area contributed by atoms with Crippen molar-refractivity contribution < 1.29 is 15.0 Å². The van der Waals surface area contributed by atoms with E-state index in [0.717, 1.165) is 24.1 Å². The molecular weight excluding hydrogens is 268 g/mol. The number of benzene rings is 2. The first-order valence-electron chi connectivity index (χ1n) is 6.78. The molecule has 0 saturated carbocycles. The number of phenols is 2. The van der Waals surface area contributed by atoms with Gasteiger partial charge in [-0.2, -0.15) is 0 Å². The Morgan fingerprint density at radius 2 is 1.95 bits per heavy atom. The Morgan fingerprint density at radius 3 is 2.76 bits per heavy atom. The molecule has 5 nitrogen and oxygen atoms in total. The summed E-state index contributed by atoms with van der Waals surface area (Å²) in [5, 5.41) is 19.4. The van der Waals surface area contributed by atoms with E-state index in [1.807, 2.05) is 12.1 Å². The number of hydrogen-bond donors (Lipinski definition) is 3. The van der Waals surface area contributed by atoms with Crippen molar-refractivity contribution in [1.29, 1.82) is 0 Å². The summed E-state index contributed by atoms with van der Waals surface area (Å²) in [5.41, 5.74) is 8.32. The van der Waals surface area contributed by atoms with Gasteiger partial charge < -0.3 is 20.8 Å². The van der Waals surface area contributed by atoms with Gasteiger partial charge in [0.15, 0.2) is 0 Å². The molecule has 2 aromatic carbocycles. The molecule has 1 amide bonds. The molecule has 0 fully saturated rings. The van der Waals surface area contributed by atoms with Crippen molar-refractivity contribution in [2.45, 2.75) is 12.8 Å². The van der Waals surface area contributed by atoms with Gasteiger partial charge in [0.05, 0.1) is 5.56 Å². The number of phenolic OH excluding ortho intramolecular Hbond substituents is 2. The fraction of sp³-hybridized carbons (Fsp3) is 0.188. The Hall–Kier alpha value is -2.69. The molecule has 0 spiro atoms. The summed E-state index contributed by atoms with van der Waals surface area (Å²) in [6.07, 6.45) is 1.74. The number of nitrogens with zero attached hydrogens (tertiary/aromatic N) is 1. The average Bonchev–Trinajstić information content (AvgIpc) is 2.48. The lowest BCUT2D eigenvalue weighted by molar-refractivity contribution is 0.0982. The van der Waals surface area contributed by atoms with Crippen LogP contribution in [0.4, 0.5) is 11.4 Å².